The van der Waals surface area contributed by atoms with Crippen molar-refractivity contribution in [1.29, 1.82) is 0 Å². The van der Waals surface area contributed by atoms with Gasteiger partial charge >= 0.3 is 0 Å². The Morgan fingerprint density at radius 3 is 2.31 bits per heavy atom. The van der Waals surface area contributed by atoms with Crippen molar-refractivity contribution in [2.75, 3.05) is 0 Å². The van der Waals surface area contributed by atoms with E-state index in [1.807, 2.05) is 6.92 Å². The zero-order chi connectivity index (χ0) is 19.6. The monoisotopic (exact) mass is 398 g/mol. The maximum absolute atomic E-state index is 13.0. The summed E-state index contributed by atoms with van der Waals surface area (Å²) in [6.45, 7) is 8.10. The van der Waals surface area contributed by atoms with Gasteiger partial charge in [-0.1, -0.05) is 35.9 Å². The van der Waals surface area contributed by atoms with E-state index < -0.39 is 5.54 Å². The summed E-state index contributed by atoms with van der Waals surface area (Å²) < 4.78 is 0. The minimum Gasteiger partial charge on any atom is -0.873 e. The molecule has 3 rings (SSSR count). The van der Waals surface area contributed by atoms with Crippen molar-refractivity contribution in [2.45, 2.75) is 65.0 Å². The predicted octanol–water partition coefficient (Wildman–Crippen LogP) is 3.09. The number of aryl methyl sites for hydroxylation is 1. The summed E-state index contributed by atoms with van der Waals surface area (Å²) in [7, 11) is 0. The van der Waals surface area contributed by atoms with Gasteiger partial charge in [-0.05, 0) is 70.1 Å². The van der Waals surface area contributed by atoms with Crippen LogP contribution in [0.25, 0.3) is 5.57 Å². The van der Waals surface area contributed by atoms with Crippen molar-refractivity contribution >= 4 is 34.7 Å². The molecule has 2 aliphatic rings. The number of amides is 1. The van der Waals surface area contributed by atoms with Crippen LogP contribution in [0.5, 0.6) is 0 Å². The molecule has 0 radical (unpaired) electrons. The van der Waals surface area contributed by atoms with Crippen molar-refractivity contribution in [3.8, 4) is 0 Å². The van der Waals surface area contributed by atoms with Gasteiger partial charge in [-0.15, -0.1) is 0 Å². The molecular formula is C20H28Cl2N2O2. The first-order chi connectivity index (χ1) is 12.1. The van der Waals surface area contributed by atoms with E-state index in [9.17, 15) is 9.90 Å². The summed E-state index contributed by atoms with van der Waals surface area (Å²) in [6, 6.07) is 3.89. The summed E-state index contributed by atoms with van der Waals surface area (Å²) >= 11 is 12.2. The minimum atomic E-state index is -0.728. The molecule has 1 aliphatic carbocycles. The fourth-order valence-electron chi connectivity index (χ4n) is 3.53. The third-order valence-corrected chi connectivity index (χ3v) is 5.39. The van der Waals surface area contributed by atoms with E-state index in [2.05, 4.69) is 31.8 Å². The number of halogens is 2. The summed E-state index contributed by atoms with van der Waals surface area (Å²) in [6.07, 6.45) is 3.30. The Balaban J connectivity index is 0.000000552. The van der Waals surface area contributed by atoms with Crippen LogP contribution >= 0.6 is 23.2 Å². The van der Waals surface area contributed by atoms with Gasteiger partial charge in [0.15, 0.2) is 0 Å². The van der Waals surface area contributed by atoms with Gasteiger partial charge in [0, 0.05) is 16.2 Å². The Morgan fingerprint density at radius 2 is 1.81 bits per heavy atom. The number of hydrogen-bond donors (Lipinski definition) is 2. The van der Waals surface area contributed by atoms with Crippen LogP contribution in [-0.4, -0.2) is 17.5 Å². The fourth-order valence-corrected chi connectivity index (χ4v) is 4.22. The van der Waals surface area contributed by atoms with Crippen LogP contribution < -0.4 is 16.2 Å². The van der Waals surface area contributed by atoms with Crippen LogP contribution in [0.3, 0.4) is 0 Å². The van der Waals surface area contributed by atoms with E-state index in [1.54, 1.807) is 12.1 Å². The molecule has 4 N–H and O–H groups in total. The van der Waals surface area contributed by atoms with Crippen LogP contribution in [-0.2, 0) is 4.79 Å². The van der Waals surface area contributed by atoms with Crippen LogP contribution in [0.2, 0.25) is 10.0 Å². The smallest absolute Gasteiger partial charge is 0.251 e. The Hall–Kier alpha value is -1.23. The Morgan fingerprint density at radius 1 is 1.27 bits per heavy atom. The van der Waals surface area contributed by atoms with Gasteiger partial charge < -0.3 is 16.2 Å². The molecule has 1 aromatic carbocycles. The molecule has 1 aromatic rings. The summed E-state index contributed by atoms with van der Waals surface area (Å²) in [5, 5.41) is 16.8. The van der Waals surface area contributed by atoms with E-state index >= 15 is 0 Å². The third-order valence-electron chi connectivity index (χ3n) is 4.87. The highest BCUT2D eigenvalue weighted by Crippen LogP contribution is 2.43. The molecule has 1 aliphatic heterocycles. The second-order valence-electron chi connectivity index (χ2n) is 7.90. The zero-order valence-corrected chi connectivity index (χ0v) is 17.4. The Kier molecular flexibility index (Phi) is 6.65. The zero-order valence-electron chi connectivity index (χ0n) is 15.9. The fraction of sp³-hybridized carbons (Fsp3) is 0.550. The lowest BCUT2D eigenvalue weighted by atomic mass is 9.76. The molecular weight excluding hydrogens is 371 g/mol. The average Bonchev–Trinajstić information content (AvgIpc) is 2.74. The van der Waals surface area contributed by atoms with Gasteiger partial charge in [0.25, 0.3) is 5.91 Å². The molecule has 6 heteroatoms. The number of nitrogens with one attached hydrogen (secondary N) is 1. The molecule has 1 spiro atoms. The number of benzene rings is 1. The summed E-state index contributed by atoms with van der Waals surface area (Å²) in [4.78, 5) is 12.5. The van der Waals surface area contributed by atoms with Crippen molar-refractivity contribution in [3.63, 3.8) is 0 Å². The van der Waals surface area contributed by atoms with Crippen molar-refractivity contribution in [1.82, 2.24) is 5.32 Å². The van der Waals surface area contributed by atoms with Gasteiger partial charge in [-0.3, -0.25) is 4.79 Å². The molecule has 1 amide bonds. The summed E-state index contributed by atoms with van der Waals surface area (Å²) in [5.74, 6) is 0.170. The largest absolute Gasteiger partial charge is 0.873 e. The highest BCUT2D eigenvalue weighted by atomic mass is 35.5. The third kappa shape index (κ3) is 4.36. The van der Waals surface area contributed by atoms with Gasteiger partial charge in [0.2, 0.25) is 0 Å². The lowest BCUT2D eigenvalue weighted by molar-refractivity contribution is -0.407. The second kappa shape index (κ2) is 8.20. The molecule has 1 heterocycles. The highest BCUT2D eigenvalue weighted by Gasteiger charge is 2.42. The van der Waals surface area contributed by atoms with Crippen molar-refractivity contribution in [2.24, 2.45) is 5.92 Å². The topological polar surface area (TPSA) is 79.8 Å². The van der Waals surface area contributed by atoms with Crippen LogP contribution in [0.1, 0.15) is 57.6 Å². The van der Waals surface area contributed by atoms with Crippen LogP contribution in [0.4, 0.5) is 0 Å². The first kappa shape index (κ1) is 21.1. The molecule has 4 nitrogen and oxygen atoms in total. The van der Waals surface area contributed by atoms with Crippen molar-refractivity contribution in [3.05, 3.63) is 39.1 Å². The lowest BCUT2D eigenvalue weighted by Gasteiger charge is -2.41. The van der Waals surface area contributed by atoms with E-state index in [-0.39, 0.29) is 17.2 Å². The molecule has 0 bridgehead atoms. The number of rotatable bonds is 1. The number of carbonyl (C=O) groups is 1. The van der Waals surface area contributed by atoms with Gasteiger partial charge in [0.05, 0.1) is 16.6 Å². The minimum absolute atomic E-state index is 0.114. The first-order valence-electron chi connectivity index (χ1n) is 9.10. The average molecular weight is 399 g/mol. The van der Waals surface area contributed by atoms with E-state index in [4.69, 9.17) is 23.2 Å². The first-order valence-corrected chi connectivity index (χ1v) is 9.86. The van der Waals surface area contributed by atoms with E-state index in [0.717, 1.165) is 18.4 Å². The Bertz CT molecular complexity index is 695. The molecule has 1 fully saturated rings. The van der Waals surface area contributed by atoms with Crippen LogP contribution in [0.15, 0.2) is 17.9 Å². The molecule has 0 atom stereocenters. The van der Waals surface area contributed by atoms with Crippen molar-refractivity contribution < 1.29 is 15.6 Å². The second-order valence-corrected chi connectivity index (χ2v) is 8.74. The number of quaternary nitrogens is 1. The lowest BCUT2D eigenvalue weighted by Crippen LogP contribution is -2.57. The maximum Gasteiger partial charge on any atom is 0.251 e. The van der Waals surface area contributed by atoms with Gasteiger partial charge in [-0.2, -0.15) is 0 Å². The molecule has 0 aromatic heterocycles. The SMILES string of the molecule is CC(C)[NH3+].Cc1cc(Cl)cc(Cl)c1C1=C([O-])C2(CCC(C)CC2)NC1=O. The predicted molar refractivity (Wildman–Crippen MR) is 105 cm³/mol. The highest BCUT2D eigenvalue weighted by molar-refractivity contribution is 6.38. The van der Waals surface area contributed by atoms with E-state index in [1.165, 1.54) is 0 Å². The van der Waals surface area contributed by atoms with Gasteiger partial charge in [0.1, 0.15) is 0 Å². The van der Waals surface area contributed by atoms with Gasteiger partial charge in [-0.25, -0.2) is 0 Å². The normalized spacial score (nSPS) is 25.4. The molecule has 26 heavy (non-hydrogen) atoms. The molecule has 144 valence electrons. The number of carbonyl (C=O) groups excluding carboxylic acids is 1. The number of hydrogen-bond acceptors (Lipinski definition) is 2. The van der Waals surface area contributed by atoms with Crippen LogP contribution in [0, 0.1) is 12.8 Å². The molecule has 0 saturated heterocycles. The van der Waals surface area contributed by atoms with E-state index in [0.29, 0.717) is 40.4 Å². The Labute approximate surface area is 165 Å². The quantitative estimate of drug-likeness (QED) is 0.761. The standard InChI is InChI=1S/C17H19Cl2NO2.C3H9N/c1-9-3-5-17(6-4-9)15(21)14(16(22)20-17)13-10(2)7-11(18)8-12(13)19;1-3(2)4/h7-9,21H,3-6H2,1-2H3,(H,20,22);3H,4H2,1-2H3. The maximum atomic E-state index is 13.0. The summed E-state index contributed by atoms with van der Waals surface area (Å²) in [5.41, 5.74) is 4.36. The molecule has 1 saturated carbocycles. The molecule has 0 unspecified atom stereocenters.